The standard InChI is InChI=1S/C20H25FN11O8PS/c21-20(1-2-33)6-37-17(31-15-12(29-30-31)16(35)28-18(22)27-15)13(20)40-41(36,42)38-5-11-9(34)3-10(39-11)8-4-26-32-14(8)24-7-25-19(32)23/h4,7,9-11,13,17,33-34H,1-3,5-6H2,(H,36,42)(H2,23,24,25)(H3,22,27,28,35)/t9-,10+,11+,13-,17+,20+,41?/m0/s1. The van der Waals surface area contributed by atoms with Gasteiger partial charge in [-0.2, -0.15) is 19.3 Å². The lowest BCUT2D eigenvalue weighted by Crippen LogP contribution is -2.41. The van der Waals surface area contributed by atoms with Crippen molar-refractivity contribution < 1.29 is 37.7 Å². The number of anilines is 2. The number of nitrogens with one attached hydrogen (secondary N) is 1. The Balaban J connectivity index is 1.19. The summed E-state index contributed by atoms with van der Waals surface area (Å²) in [6, 6.07) is 0. The molecule has 1 unspecified atom stereocenters. The minimum Gasteiger partial charge on any atom is -0.396 e. The maximum atomic E-state index is 16.0. The molecule has 2 aliphatic heterocycles. The van der Waals surface area contributed by atoms with Crippen LogP contribution in [0.1, 0.15) is 30.7 Å². The second kappa shape index (κ2) is 10.8. The van der Waals surface area contributed by atoms with Crippen LogP contribution in [0.2, 0.25) is 0 Å². The van der Waals surface area contributed by atoms with Gasteiger partial charge in [-0.1, -0.05) is 17.5 Å². The predicted molar refractivity (Wildman–Crippen MR) is 142 cm³/mol. The van der Waals surface area contributed by atoms with E-state index in [2.05, 4.69) is 47.6 Å². The van der Waals surface area contributed by atoms with E-state index < -0.39 is 74.9 Å². The van der Waals surface area contributed by atoms with E-state index in [1.54, 1.807) is 0 Å². The van der Waals surface area contributed by atoms with Gasteiger partial charge in [0.1, 0.15) is 12.4 Å². The molecule has 0 amide bonds. The molecule has 2 fully saturated rings. The second-order valence-corrected chi connectivity index (χ2v) is 12.6. The van der Waals surface area contributed by atoms with E-state index in [0.29, 0.717) is 11.2 Å². The molecule has 0 radical (unpaired) electrons. The Bertz CT molecular complexity index is 1740. The van der Waals surface area contributed by atoms with Gasteiger partial charge in [-0.05, 0) is 0 Å². The molecule has 7 atom stereocenters. The van der Waals surface area contributed by atoms with Crippen molar-refractivity contribution in [3.05, 3.63) is 28.4 Å². The van der Waals surface area contributed by atoms with Crippen LogP contribution in [0, 0.1) is 0 Å². The molecule has 0 aliphatic carbocycles. The number of rotatable bonds is 9. The van der Waals surface area contributed by atoms with Crippen molar-refractivity contribution in [2.24, 2.45) is 0 Å². The lowest BCUT2D eigenvalue weighted by atomic mass is 9.97. The normalized spacial score (nSPS) is 29.5. The molecule has 2 saturated heterocycles. The summed E-state index contributed by atoms with van der Waals surface area (Å²) in [5.74, 6) is -0.146. The molecule has 226 valence electrons. The Hall–Kier alpha value is -3.30. The highest BCUT2D eigenvalue weighted by Crippen LogP contribution is 2.58. The van der Waals surface area contributed by atoms with E-state index in [1.807, 2.05) is 0 Å². The Morgan fingerprint density at radius 3 is 2.93 bits per heavy atom. The average Bonchev–Trinajstić information content (AvgIpc) is 3.69. The number of aromatic nitrogens is 9. The number of alkyl halides is 1. The van der Waals surface area contributed by atoms with E-state index in [0.717, 1.165) is 4.68 Å². The minimum atomic E-state index is -4.39. The number of nitrogens with two attached hydrogens (primary N) is 2. The molecule has 6 heterocycles. The van der Waals surface area contributed by atoms with Crippen molar-refractivity contribution in [3.8, 4) is 0 Å². The van der Waals surface area contributed by atoms with Gasteiger partial charge in [0.05, 0.1) is 31.6 Å². The molecule has 4 aromatic rings. The van der Waals surface area contributed by atoms with Gasteiger partial charge in [0.2, 0.25) is 11.9 Å². The third-order valence-electron chi connectivity index (χ3n) is 6.96. The van der Waals surface area contributed by atoms with Gasteiger partial charge >= 0.3 is 6.80 Å². The highest BCUT2D eigenvalue weighted by atomic mass is 32.7. The Kier molecular flexibility index (Phi) is 7.38. The zero-order valence-corrected chi connectivity index (χ0v) is 23.2. The van der Waals surface area contributed by atoms with Crippen LogP contribution in [-0.4, -0.2) is 98.6 Å². The molecule has 2 aliphatic rings. The number of aromatic amines is 1. The number of thiol groups is 1. The van der Waals surface area contributed by atoms with E-state index in [4.69, 9.17) is 30.0 Å². The number of nitrogens with zero attached hydrogens (tertiary/aromatic N) is 8. The number of aliphatic hydroxyl groups excluding tert-OH is 2. The van der Waals surface area contributed by atoms with E-state index >= 15 is 4.39 Å². The average molecular weight is 630 g/mol. The maximum Gasteiger partial charge on any atom is 0.386 e. The van der Waals surface area contributed by atoms with E-state index in [1.165, 1.54) is 17.0 Å². The Morgan fingerprint density at radius 1 is 1.33 bits per heavy atom. The summed E-state index contributed by atoms with van der Waals surface area (Å²) in [4.78, 5) is 26.5. The van der Waals surface area contributed by atoms with Gasteiger partial charge in [0.25, 0.3) is 5.56 Å². The third kappa shape index (κ3) is 5.11. The minimum absolute atomic E-state index is 0.113. The van der Waals surface area contributed by atoms with Gasteiger partial charge in [-0.25, -0.2) is 18.9 Å². The fraction of sp³-hybridized carbons (Fsp3) is 0.550. The first-order valence-electron chi connectivity index (χ1n) is 12.4. The van der Waals surface area contributed by atoms with Crippen LogP contribution in [0.3, 0.4) is 0 Å². The lowest BCUT2D eigenvalue weighted by Gasteiger charge is -2.29. The molecule has 0 aromatic carbocycles. The molecule has 6 rings (SSSR count). The molecule has 22 heteroatoms. The summed E-state index contributed by atoms with van der Waals surface area (Å²) in [5, 5.41) is 31.8. The van der Waals surface area contributed by atoms with E-state index in [-0.39, 0.29) is 29.5 Å². The molecule has 19 nitrogen and oxygen atoms in total. The second-order valence-electron chi connectivity index (χ2n) is 9.69. The topological polar surface area (TPSA) is 266 Å². The first-order chi connectivity index (χ1) is 20.0. The van der Waals surface area contributed by atoms with Crippen LogP contribution in [0.15, 0.2) is 17.3 Å². The number of hydrogen-bond donors (Lipinski definition) is 6. The van der Waals surface area contributed by atoms with Crippen molar-refractivity contribution in [1.82, 2.24) is 44.5 Å². The van der Waals surface area contributed by atoms with Crippen LogP contribution in [0.25, 0.3) is 16.8 Å². The van der Waals surface area contributed by atoms with Gasteiger partial charge in [0, 0.05) is 25.0 Å². The van der Waals surface area contributed by atoms with Gasteiger partial charge < -0.3 is 31.2 Å². The fourth-order valence-corrected chi connectivity index (χ4v) is 6.40. The predicted octanol–water partition coefficient (Wildman–Crippen LogP) is -0.933. The van der Waals surface area contributed by atoms with Crippen molar-refractivity contribution in [1.29, 1.82) is 0 Å². The maximum absolute atomic E-state index is 16.0. The first-order valence-corrected chi connectivity index (χ1v) is 15.1. The number of nitrogen functional groups attached to an aromatic ring is 2. The van der Waals surface area contributed by atoms with Gasteiger partial charge in [0.15, 0.2) is 34.8 Å². The number of halogens is 1. The highest BCUT2D eigenvalue weighted by Gasteiger charge is 2.55. The molecule has 7 N–H and O–H groups in total. The van der Waals surface area contributed by atoms with Crippen molar-refractivity contribution in [3.63, 3.8) is 0 Å². The zero-order chi connectivity index (χ0) is 29.8. The van der Waals surface area contributed by atoms with Crippen LogP contribution in [-0.2, 0) is 23.1 Å². The largest absolute Gasteiger partial charge is 0.396 e. The molecular formula is C20H25FN11O8PS. The fourth-order valence-electron chi connectivity index (χ4n) is 4.92. The Labute approximate surface area is 239 Å². The monoisotopic (exact) mass is 629 g/mol. The van der Waals surface area contributed by atoms with E-state index in [9.17, 15) is 19.6 Å². The SMILES string of the molecule is Nc1nc2c(nnn2[C@@H]2OC[C@](F)(CCO)[C@H]2OP(=O)(S)OC[C@H]2O[C@@H](c3cnn4c(N)ncnc34)C[C@@H]2O)c(=O)[nH]1. The quantitative estimate of drug-likeness (QED) is 0.0964. The summed E-state index contributed by atoms with van der Waals surface area (Å²) in [6.45, 7) is -6.05. The van der Waals surface area contributed by atoms with Crippen LogP contribution in [0.4, 0.5) is 16.3 Å². The number of aliphatic hydroxyl groups is 2. The van der Waals surface area contributed by atoms with Gasteiger partial charge in [-0.15, -0.1) is 5.10 Å². The van der Waals surface area contributed by atoms with Crippen LogP contribution >= 0.6 is 19.0 Å². The molecule has 4 aromatic heterocycles. The molecule has 0 bridgehead atoms. The van der Waals surface area contributed by atoms with Crippen molar-refractivity contribution in [2.45, 2.75) is 49.2 Å². The number of hydrogen-bond acceptors (Lipinski definition) is 16. The molecular weight excluding hydrogens is 604 g/mol. The summed E-state index contributed by atoms with van der Waals surface area (Å²) in [6.07, 6.45) is -3.43. The summed E-state index contributed by atoms with van der Waals surface area (Å²) >= 11 is 4.01. The van der Waals surface area contributed by atoms with Crippen LogP contribution < -0.4 is 17.0 Å². The first kappa shape index (κ1) is 28.8. The zero-order valence-electron chi connectivity index (χ0n) is 21.4. The van der Waals surface area contributed by atoms with Crippen molar-refractivity contribution in [2.75, 3.05) is 31.3 Å². The van der Waals surface area contributed by atoms with Crippen LogP contribution in [0.5, 0.6) is 0 Å². The number of ether oxygens (including phenoxy) is 2. The smallest absolute Gasteiger partial charge is 0.386 e. The molecule has 0 saturated carbocycles. The molecule has 0 spiro atoms. The van der Waals surface area contributed by atoms with Gasteiger partial charge in [-0.3, -0.25) is 18.8 Å². The summed E-state index contributed by atoms with van der Waals surface area (Å²) in [7, 11) is 0. The summed E-state index contributed by atoms with van der Waals surface area (Å²) < 4.78 is 54.0. The summed E-state index contributed by atoms with van der Waals surface area (Å²) in [5.41, 5.74) is 8.94. The highest BCUT2D eigenvalue weighted by molar-refractivity contribution is 8.44. The third-order valence-corrected chi connectivity index (χ3v) is 8.56. The Morgan fingerprint density at radius 2 is 2.14 bits per heavy atom. The van der Waals surface area contributed by atoms with Crippen molar-refractivity contribution >= 4 is 47.8 Å². The lowest BCUT2D eigenvalue weighted by molar-refractivity contribution is -0.0390. The number of fused-ring (bicyclic) bond motifs is 2. The molecule has 42 heavy (non-hydrogen) atoms. The number of H-pyrrole nitrogens is 1.